The van der Waals surface area contributed by atoms with E-state index >= 15 is 0 Å². The van der Waals surface area contributed by atoms with Crippen molar-refractivity contribution < 1.29 is 22.0 Å². The molecular weight excluding hydrogens is 289 g/mol. The second kappa shape index (κ2) is 5.71. The zero-order chi connectivity index (χ0) is 15.6. The Morgan fingerprint density at radius 3 is 2.38 bits per heavy atom. The standard InChI is InChI=1S/C15H12F5N/c1-9-12(16)3-2-4-14(9)21-8-10-5-6-13(17)11(7-10)15(18,19)20/h2-7,21H,8H2,1H3. The lowest BCUT2D eigenvalue weighted by Gasteiger charge is -2.12. The minimum Gasteiger partial charge on any atom is -0.381 e. The van der Waals surface area contributed by atoms with Gasteiger partial charge in [0.15, 0.2) is 0 Å². The van der Waals surface area contributed by atoms with E-state index in [0.717, 1.165) is 12.1 Å². The summed E-state index contributed by atoms with van der Waals surface area (Å²) in [7, 11) is 0. The maximum atomic E-state index is 13.3. The Labute approximate surface area is 118 Å². The van der Waals surface area contributed by atoms with Crippen molar-refractivity contribution in [1.29, 1.82) is 0 Å². The Balaban J connectivity index is 2.19. The van der Waals surface area contributed by atoms with Gasteiger partial charge in [-0.25, -0.2) is 8.78 Å². The van der Waals surface area contributed by atoms with Gasteiger partial charge in [-0.05, 0) is 36.8 Å². The van der Waals surface area contributed by atoms with E-state index in [9.17, 15) is 22.0 Å². The normalized spacial score (nSPS) is 11.5. The average Bonchev–Trinajstić information content (AvgIpc) is 2.40. The minimum atomic E-state index is -4.74. The first-order valence-electron chi connectivity index (χ1n) is 6.13. The fourth-order valence-corrected chi connectivity index (χ4v) is 1.90. The molecule has 0 aliphatic heterocycles. The Morgan fingerprint density at radius 1 is 1.00 bits per heavy atom. The summed E-state index contributed by atoms with van der Waals surface area (Å²) < 4.78 is 64.3. The lowest BCUT2D eigenvalue weighted by Crippen LogP contribution is -2.10. The Hall–Kier alpha value is -2.11. The molecule has 0 aliphatic rings. The van der Waals surface area contributed by atoms with Crippen LogP contribution in [0.4, 0.5) is 27.6 Å². The molecule has 6 heteroatoms. The van der Waals surface area contributed by atoms with Gasteiger partial charge in [0, 0.05) is 17.8 Å². The summed E-state index contributed by atoms with van der Waals surface area (Å²) >= 11 is 0. The Bertz CT molecular complexity index is 649. The summed E-state index contributed by atoms with van der Waals surface area (Å²) in [5.41, 5.74) is -0.200. The van der Waals surface area contributed by atoms with Crippen molar-refractivity contribution in [1.82, 2.24) is 0 Å². The molecule has 1 nitrogen and oxygen atoms in total. The molecule has 0 fully saturated rings. The van der Waals surface area contributed by atoms with Crippen molar-refractivity contribution in [3.63, 3.8) is 0 Å². The summed E-state index contributed by atoms with van der Waals surface area (Å²) in [6, 6.07) is 7.19. The van der Waals surface area contributed by atoms with Gasteiger partial charge in [-0.15, -0.1) is 0 Å². The summed E-state index contributed by atoms with van der Waals surface area (Å²) in [5, 5.41) is 2.84. The number of rotatable bonds is 3. The fraction of sp³-hybridized carbons (Fsp3) is 0.200. The molecule has 2 aromatic carbocycles. The second-order valence-electron chi connectivity index (χ2n) is 4.58. The number of hydrogen-bond donors (Lipinski definition) is 1. The highest BCUT2D eigenvalue weighted by atomic mass is 19.4. The van der Waals surface area contributed by atoms with Crippen LogP contribution in [0.2, 0.25) is 0 Å². The molecule has 0 heterocycles. The highest BCUT2D eigenvalue weighted by Crippen LogP contribution is 2.32. The van der Waals surface area contributed by atoms with Crippen molar-refractivity contribution in [2.24, 2.45) is 0 Å². The van der Waals surface area contributed by atoms with Gasteiger partial charge in [-0.3, -0.25) is 0 Å². The van der Waals surface area contributed by atoms with Gasteiger partial charge in [-0.1, -0.05) is 12.1 Å². The van der Waals surface area contributed by atoms with Crippen LogP contribution in [0, 0.1) is 18.6 Å². The van der Waals surface area contributed by atoms with Crippen molar-refractivity contribution >= 4 is 5.69 Å². The number of anilines is 1. The number of hydrogen-bond acceptors (Lipinski definition) is 1. The predicted molar refractivity (Wildman–Crippen MR) is 69.9 cm³/mol. The number of benzene rings is 2. The van der Waals surface area contributed by atoms with E-state index in [1.54, 1.807) is 13.0 Å². The molecule has 0 radical (unpaired) electrons. The highest BCUT2D eigenvalue weighted by Gasteiger charge is 2.34. The van der Waals surface area contributed by atoms with E-state index in [4.69, 9.17) is 0 Å². The molecular formula is C15H12F5N. The molecule has 0 aliphatic carbocycles. The molecule has 0 bridgehead atoms. The van der Waals surface area contributed by atoms with Gasteiger partial charge in [0.2, 0.25) is 0 Å². The van der Waals surface area contributed by atoms with Crippen LogP contribution in [0.3, 0.4) is 0 Å². The van der Waals surface area contributed by atoms with Crippen LogP contribution in [0.25, 0.3) is 0 Å². The Kier molecular flexibility index (Phi) is 4.16. The molecule has 0 unspecified atom stereocenters. The average molecular weight is 301 g/mol. The predicted octanol–water partition coefficient (Wildman–Crippen LogP) is 4.90. The number of halogens is 5. The Morgan fingerprint density at radius 2 is 1.71 bits per heavy atom. The SMILES string of the molecule is Cc1c(F)cccc1NCc1ccc(F)c(C(F)(F)F)c1. The van der Waals surface area contributed by atoms with Crippen LogP contribution in [-0.4, -0.2) is 0 Å². The van der Waals surface area contributed by atoms with Gasteiger partial charge < -0.3 is 5.32 Å². The molecule has 2 rings (SSSR count). The first kappa shape index (κ1) is 15.3. The largest absolute Gasteiger partial charge is 0.419 e. The van der Waals surface area contributed by atoms with Crippen LogP contribution in [0.15, 0.2) is 36.4 Å². The summed E-state index contributed by atoms with van der Waals surface area (Å²) in [5.74, 6) is -1.72. The van der Waals surface area contributed by atoms with Crippen LogP contribution in [-0.2, 0) is 12.7 Å². The van der Waals surface area contributed by atoms with E-state index in [-0.39, 0.29) is 12.1 Å². The van der Waals surface area contributed by atoms with Crippen LogP contribution < -0.4 is 5.32 Å². The van der Waals surface area contributed by atoms with Crippen LogP contribution >= 0.6 is 0 Å². The third kappa shape index (κ3) is 3.51. The zero-order valence-electron chi connectivity index (χ0n) is 11.1. The van der Waals surface area contributed by atoms with Crippen molar-refractivity contribution in [3.8, 4) is 0 Å². The zero-order valence-corrected chi connectivity index (χ0v) is 11.1. The van der Waals surface area contributed by atoms with Crippen LogP contribution in [0.5, 0.6) is 0 Å². The molecule has 0 aromatic heterocycles. The van der Waals surface area contributed by atoms with E-state index in [1.807, 2.05) is 0 Å². The van der Waals surface area contributed by atoms with E-state index < -0.39 is 23.4 Å². The fourth-order valence-electron chi connectivity index (χ4n) is 1.90. The van der Waals surface area contributed by atoms with Crippen molar-refractivity contribution in [2.45, 2.75) is 19.6 Å². The molecule has 1 N–H and O–H groups in total. The molecule has 112 valence electrons. The summed E-state index contributed by atoms with van der Waals surface area (Å²) in [6.07, 6.45) is -4.74. The molecule has 0 saturated heterocycles. The van der Waals surface area contributed by atoms with Crippen molar-refractivity contribution in [3.05, 3.63) is 64.7 Å². The number of alkyl halides is 3. The minimum absolute atomic E-state index is 0.0354. The molecule has 0 saturated carbocycles. The topological polar surface area (TPSA) is 12.0 Å². The lowest BCUT2D eigenvalue weighted by atomic mass is 10.1. The summed E-state index contributed by atoms with van der Waals surface area (Å²) in [6.45, 7) is 1.59. The first-order chi connectivity index (χ1) is 9.79. The third-order valence-electron chi connectivity index (χ3n) is 3.09. The molecule has 0 spiro atoms. The number of nitrogens with one attached hydrogen (secondary N) is 1. The van der Waals surface area contributed by atoms with Gasteiger partial charge >= 0.3 is 6.18 Å². The van der Waals surface area contributed by atoms with Crippen molar-refractivity contribution in [2.75, 3.05) is 5.32 Å². The molecule has 2 aromatic rings. The molecule has 0 atom stereocenters. The van der Waals surface area contributed by atoms with Gasteiger partial charge in [0.1, 0.15) is 11.6 Å². The van der Waals surface area contributed by atoms with E-state index in [2.05, 4.69) is 5.32 Å². The maximum absolute atomic E-state index is 13.3. The lowest BCUT2D eigenvalue weighted by molar-refractivity contribution is -0.140. The quantitative estimate of drug-likeness (QED) is 0.795. The highest BCUT2D eigenvalue weighted by molar-refractivity contribution is 5.51. The van der Waals surface area contributed by atoms with Crippen LogP contribution in [0.1, 0.15) is 16.7 Å². The van der Waals surface area contributed by atoms with Gasteiger partial charge in [0.05, 0.1) is 5.56 Å². The maximum Gasteiger partial charge on any atom is 0.419 e. The van der Waals surface area contributed by atoms with Gasteiger partial charge in [-0.2, -0.15) is 13.2 Å². The third-order valence-corrected chi connectivity index (χ3v) is 3.09. The molecule has 0 amide bonds. The monoisotopic (exact) mass is 301 g/mol. The molecule has 21 heavy (non-hydrogen) atoms. The van der Waals surface area contributed by atoms with E-state index in [0.29, 0.717) is 11.3 Å². The van der Waals surface area contributed by atoms with E-state index in [1.165, 1.54) is 18.2 Å². The summed E-state index contributed by atoms with van der Waals surface area (Å²) in [4.78, 5) is 0. The first-order valence-corrected chi connectivity index (χ1v) is 6.13. The smallest absolute Gasteiger partial charge is 0.381 e. The second-order valence-corrected chi connectivity index (χ2v) is 4.58. The van der Waals surface area contributed by atoms with Gasteiger partial charge in [0.25, 0.3) is 0 Å².